The molecule has 1 atom stereocenters. The average molecular weight is 219 g/mol. The highest BCUT2D eigenvalue weighted by molar-refractivity contribution is 5.85. The van der Waals surface area contributed by atoms with Crippen LogP contribution in [0.25, 0.3) is 0 Å². The number of nitrogens with one attached hydrogen (secondary N) is 2. The summed E-state index contributed by atoms with van der Waals surface area (Å²) in [6.07, 6.45) is -0.746. The van der Waals surface area contributed by atoms with Gasteiger partial charge in [-0.1, -0.05) is 0 Å². The Bertz CT molecular complexity index is 210. The first-order chi connectivity index (χ1) is 7.10. The molecule has 1 unspecified atom stereocenters. The lowest BCUT2D eigenvalue weighted by molar-refractivity contribution is -0.125. The van der Waals surface area contributed by atoms with Gasteiger partial charge in [0.1, 0.15) is 0 Å². The molecule has 15 heavy (non-hydrogen) atoms. The second kappa shape index (κ2) is 8.16. The number of methoxy groups -OCH3 is 1. The molecular formula is C8H17N3O4. The number of carbonyl (C=O) groups is 2. The predicted octanol–water partition coefficient (Wildman–Crippen LogP) is -2.82. The van der Waals surface area contributed by atoms with E-state index in [0.717, 1.165) is 0 Å². The maximum absolute atomic E-state index is 11.1. The molecule has 0 saturated carbocycles. The van der Waals surface area contributed by atoms with Gasteiger partial charge in [-0.25, -0.2) is 0 Å². The van der Waals surface area contributed by atoms with Crippen LogP contribution in [0.15, 0.2) is 0 Å². The molecule has 0 aromatic heterocycles. The number of rotatable bonds is 7. The number of aliphatic hydroxyl groups excluding tert-OH is 1. The van der Waals surface area contributed by atoms with E-state index >= 15 is 0 Å². The van der Waals surface area contributed by atoms with Crippen molar-refractivity contribution in [2.24, 2.45) is 5.73 Å². The third kappa shape index (κ3) is 7.86. The van der Waals surface area contributed by atoms with Gasteiger partial charge in [0, 0.05) is 13.7 Å². The van der Waals surface area contributed by atoms with Crippen LogP contribution in [-0.2, 0) is 14.3 Å². The zero-order chi connectivity index (χ0) is 11.7. The van der Waals surface area contributed by atoms with Gasteiger partial charge in [-0.15, -0.1) is 0 Å². The van der Waals surface area contributed by atoms with Gasteiger partial charge in [0.25, 0.3) is 0 Å². The van der Waals surface area contributed by atoms with E-state index in [1.165, 1.54) is 7.11 Å². The first-order valence-corrected chi connectivity index (χ1v) is 4.50. The summed E-state index contributed by atoms with van der Waals surface area (Å²) >= 11 is 0. The quantitative estimate of drug-likeness (QED) is 0.369. The van der Waals surface area contributed by atoms with E-state index in [2.05, 4.69) is 15.4 Å². The number of carbonyl (C=O) groups excluding carboxylic acids is 2. The summed E-state index contributed by atoms with van der Waals surface area (Å²) in [6, 6.07) is 0. The van der Waals surface area contributed by atoms with Crippen LogP contribution in [0.5, 0.6) is 0 Å². The van der Waals surface area contributed by atoms with Crippen LogP contribution in [0.3, 0.4) is 0 Å². The smallest absolute Gasteiger partial charge is 0.239 e. The summed E-state index contributed by atoms with van der Waals surface area (Å²) in [4.78, 5) is 21.7. The Balaban J connectivity index is 3.53. The van der Waals surface area contributed by atoms with Gasteiger partial charge in [-0.2, -0.15) is 0 Å². The Kier molecular flexibility index (Phi) is 7.51. The van der Waals surface area contributed by atoms with Crippen LogP contribution in [0.2, 0.25) is 0 Å². The molecule has 5 N–H and O–H groups in total. The van der Waals surface area contributed by atoms with Gasteiger partial charge < -0.3 is 26.2 Å². The van der Waals surface area contributed by atoms with E-state index in [1.54, 1.807) is 0 Å². The fourth-order valence-electron chi connectivity index (χ4n) is 0.796. The second-order valence-corrected chi connectivity index (χ2v) is 2.89. The lowest BCUT2D eigenvalue weighted by Crippen LogP contribution is -2.42. The zero-order valence-electron chi connectivity index (χ0n) is 8.66. The van der Waals surface area contributed by atoms with E-state index in [1.807, 2.05) is 0 Å². The molecule has 0 fully saturated rings. The molecule has 2 amide bonds. The highest BCUT2D eigenvalue weighted by Crippen LogP contribution is 1.80. The van der Waals surface area contributed by atoms with Gasteiger partial charge in [0.2, 0.25) is 11.8 Å². The molecule has 0 saturated heterocycles. The maximum atomic E-state index is 11.1. The van der Waals surface area contributed by atoms with Crippen LogP contribution in [-0.4, -0.2) is 56.4 Å². The van der Waals surface area contributed by atoms with Crippen molar-refractivity contribution in [3.05, 3.63) is 0 Å². The minimum absolute atomic E-state index is 0.0885. The summed E-state index contributed by atoms with van der Waals surface area (Å²) in [5, 5.41) is 13.9. The van der Waals surface area contributed by atoms with Crippen LogP contribution >= 0.6 is 0 Å². The normalized spacial score (nSPS) is 11.9. The summed E-state index contributed by atoms with van der Waals surface area (Å²) in [5.74, 6) is -0.783. The Labute approximate surface area is 88.0 Å². The summed E-state index contributed by atoms with van der Waals surface area (Å²) in [7, 11) is 1.45. The monoisotopic (exact) mass is 219 g/mol. The standard InChI is InChI=1S/C8H17N3O4/c1-15-5-6(12)3-10-8(14)4-11-7(13)2-9/h6,12H,2-5,9H2,1H3,(H,10,14)(H,11,13). The van der Waals surface area contributed by atoms with Gasteiger partial charge in [-0.3, -0.25) is 9.59 Å². The van der Waals surface area contributed by atoms with Gasteiger partial charge in [0.15, 0.2) is 0 Å². The highest BCUT2D eigenvalue weighted by Gasteiger charge is 2.07. The zero-order valence-corrected chi connectivity index (χ0v) is 8.66. The van der Waals surface area contributed by atoms with Crippen molar-refractivity contribution in [1.29, 1.82) is 0 Å². The van der Waals surface area contributed by atoms with Crippen molar-refractivity contribution in [1.82, 2.24) is 10.6 Å². The average Bonchev–Trinajstić information content (AvgIpc) is 2.23. The number of nitrogens with two attached hydrogens (primary N) is 1. The topological polar surface area (TPSA) is 114 Å². The molecule has 0 aliphatic rings. The molecule has 0 rings (SSSR count). The SMILES string of the molecule is COCC(O)CNC(=O)CNC(=O)CN. The Morgan fingerprint density at radius 3 is 2.60 bits per heavy atom. The number of hydrogen-bond donors (Lipinski definition) is 4. The highest BCUT2D eigenvalue weighted by atomic mass is 16.5. The van der Waals surface area contributed by atoms with E-state index in [4.69, 9.17) is 5.73 Å². The first-order valence-electron chi connectivity index (χ1n) is 4.50. The van der Waals surface area contributed by atoms with Crippen molar-refractivity contribution in [3.63, 3.8) is 0 Å². The molecule has 0 aliphatic heterocycles. The molecule has 0 aliphatic carbocycles. The molecule has 0 bridgehead atoms. The fraction of sp³-hybridized carbons (Fsp3) is 0.750. The van der Waals surface area contributed by atoms with Crippen molar-refractivity contribution < 1.29 is 19.4 Å². The molecular weight excluding hydrogens is 202 g/mol. The third-order valence-corrected chi connectivity index (χ3v) is 1.53. The molecule has 0 aromatic rings. The van der Waals surface area contributed by atoms with E-state index in [0.29, 0.717) is 0 Å². The lowest BCUT2D eigenvalue weighted by Gasteiger charge is -2.10. The van der Waals surface area contributed by atoms with Crippen molar-refractivity contribution >= 4 is 11.8 Å². The van der Waals surface area contributed by atoms with Crippen molar-refractivity contribution in [3.8, 4) is 0 Å². The van der Waals surface area contributed by atoms with Crippen molar-refractivity contribution in [2.45, 2.75) is 6.10 Å². The fourth-order valence-corrected chi connectivity index (χ4v) is 0.796. The van der Waals surface area contributed by atoms with Crippen LogP contribution in [0.1, 0.15) is 0 Å². The number of amides is 2. The third-order valence-electron chi connectivity index (χ3n) is 1.53. The Morgan fingerprint density at radius 1 is 1.40 bits per heavy atom. The molecule has 0 heterocycles. The van der Waals surface area contributed by atoms with Crippen molar-refractivity contribution in [2.75, 3.05) is 33.4 Å². The maximum Gasteiger partial charge on any atom is 0.239 e. The molecule has 88 valence electrons. The molecule has 7 nitrogen and oxygen atoms in total. The van der Waals surface area contributed by atoms with Gasteiger partial charge >= 0.3 is 0 Å². The van der Waals surface area contributed by atoms with Crippen LogP contribution < -0.4 is 16.4 Å². The van der Waals surface area contributed by atoms with E-state index < -0.39 is 12.0 Å². The molecule has 0 radical (unpaired) electrons. The largest absolute Gasteiger partial charge is 0.389 e. The first kappa shape index (κ1) is 13.8. The minimum Gasteiger partial charge on any atom is -0.389 e. The van der Waals surface area contributed by atoms with Crippen LogP contribution in [0, 0.1) is 0 Å². The minimum atomic E-state index is -0.746. The molecule has 0 aromatic carbocycles. The number of ether oxygens (including phenoxy) is 1. The summed E-state index contributed by atoms with van der Waals surface area (Å²) < 4.78 is 4.66. The van der Waals surface area contributed by atoms with E-state index in [9.17, 15) is 14.7 Å². The predicted molar refractivity (Wildman–Crippen MR) is 53.0 cm³/mol. The molecule has 7 heteroatoms. The number of aliphatic hydroxyl groups is 1. The Morgan fingerprint density at radius 2 is 2.07 bits per heavy atom. The Hall–Kier alpha value is -1.18. The lowest BCUT2D eigenvalue weighted by atomic mass is 10.3. The van der Waals surface area contributed by atoms with Gasteiger partial charge in [-0.05, 0) is 0 Å². The molecule has 0 spiro atoms. The number of hydrogen-bond acceptors (Lipinski definition) is 5. The van der Waals surface area contributed by atoms with Gasteiger partial charge in [0.05, 0.1) is 25.8 Å². The second-order valence-electron chi connectivity index (χ2n) is 2.89. The summed E-state index contributed by atoms with van der Waals surface area (Å²) in [5.41, 5.74) is 5.02. The van der Waals surface area contributed by atoms with E-state index in [-0.39, 0.29) is 32.1 Å². The summed E-state index contributed by atoms with van der Waals surface area (Å²) in [6.45, 7) is -0.0596. The van der Waals surface area contributed by atoms with Crippen LogP contribution in [0.4, 0.5) is 0 Å².